The zero-order chi connectivity index (χ0) is 26.5. The molecule has 38 heavy (non-hydrogen) atoms. The summed E-state index contributed by atoms with van der Waals surface area (Å²) in [6, 6.07) is 26.1. The Hall–Kier alpha value is -3.49. The van der Waals surface area contributed by atoms with Crippen molar-refractivity contribution in [2.45, 2.75) is 31.3 Å². The van der Waals surface area contributed by atoms with E-state index in [4.69, 9.17) is 9.47 Å². The molecule has 2 heterocycles. The van der Waals surface area contributed by atoms with Gasteiger partial charge in [-0.2, -0.15) is 0 Å². The number of fused-ring (bicyclic) bond motifs is 1. The number of ether oxygens (including phenoxy) is 2. The first-order valence-corrected chi connectivity index (χ1v) is 14.6. The average molecular weight is 534 g/mol. The van der Waals surface area contributed by atoms with Gasteiger partial charge in [-0.3, -0.25) is 4.90 Å². The van der Waals surface area contributed by atoms with E-state index in [9.17, 15) is 8.42 Å². The predicted molar refractivity (Wildman–Crippen MR) is 152 cm³/mol. The van der Waals surface area contributed by atoms with Gasteiger partial charge < -0.3 is 14.4 Å². The molecule has 7 nitrogen and oxygen atoms in total. The van der Waals surface area contributed by atoms with Crippen molar-refractivity contribution in [1.82, 2.24) is 8.87 Å². The van der Waals surface area contributed by atoms with Crippen molar-refractivity contribution in [3.8, 4) is 11.5 Å². The summed E-state index contributed by atoms with van der Waals surface area (Å²) in [6.07, 6.45) is 0.996. The van der Waals surface area contributed by atoms with Crippen LogP contribution in [0.4, 0.5) is 5.82 Å². The van der Waals surface area contributed by atoms with Crippen LogP contribution in [0.25, 0.3) is 10.9 Å². The fourth-order valence-corrected chi connectivity index (χ4v) is 6.43. The average Bonchev–Trinajstić information content (AvgIpc) is 3.33. The first-order valence-electron chi connectivity index (χ1n) is 13.2. The van der Waals surface area contributed by atoms with Crippen LogP contribution in [0.1, 0.15) is 20.3 Å². The summed E-state index contributed by atoms with van der Waals surface area (Å²) in [6.45, 7) is 8.79. The maximum atomic E-state index is 13.7. The third kappa shape index (κ3) is 5.66. The third-order valence-electron chi connectivity index (χ3n) is 6.71. The van der Waals surface area contributed by atoms with Crippen LogP contribution < -0.4 is 14.4 Å². The van der Waals surface area contributed by atoms with Gasteiger partial charge in [-0.1, -0.05) is 48.5 Å². The second-order valence-corrected chi connectivity index (χ2v) is 11.6. The van der Waals surface area contributed by atoms with E-state index in [1.54, 1.807) is 24.3 Å². The standard InChI is InChI=1S/C30H35N3O4S/c1-24(2)37-29-16-9-8-15-28(29)36-22-10-17-31-18-20-32(21-19-31)30-23-25-11-6-7-14-27(25)33(30)38(34,35)26-12-4-3-5-13-26/h3-9,11-16,23-24H,10,17-22H2,1-2H3. The molecule has 3 aromatic carbocycles. The van der Waals surface area contributed by atoms with Crippen molar-refractivity contribution >= 4 is 26.7 Å². The Morgan fingerprint density at radius 2 is 1.47 bits per heavy atom. The van der Waals surface area contributed by atoms with Gasteiger partial charge in [0.05, 0.1) is 23.1 Å². The van der Waals surface area contributed by atoms with Crippen molar-refractivity contribution in [1.29, 1.82) is 0 Å². The summed E-state index contributed by atoms with van der Waals surface area (Å²) < 4.78 is 40.8. The van der Waals surface area contributed by atoms with Crippen LogP contribution in [0.2, 0.25) is 0 Å². The van der Waals surface area contributed by atoms with E-state index < -0.39 is 10.0 Å². The molecule has 1 aromatic heterocycles. The second-order valence-electron chi connectivity index (χ2n) is 9.79. The monoisotopic (exact) mass is 533 g/mol. The van der Waals surface area contributed by atoms with E-state index in [-0.39, 0.29) is 6.10 Å². The molecular weight excluding hydrogens is 498 g/mol. The molecule has 1 fully saturated rings. The fourth-order valence-electron chi connectivity index (χ4n) is 4.88. The zero-order valence-electron chi connectivity index (χ0n) is 22.0. The van der Waals surface area contributed by atoms with E-state index in [0.29, 0.717) is 17.0 Å². The van der Waals surface area contributed by atoms with Gasteiger partial charge in [-0.25, -0.2) is 12.4 Å². The number of hydrogen-bond donors (Lipinski definition) is 0. The predicted octanol–water partition coefficient (Wildman–Crippen LogP) is 5.26. The molecule has 0 spiro atoms. The first kappa shape index (κ1) is 26.1. The summed E-state index contributed by atoms with van der Waals surface area (Å²) in [5, 5.41) is 0.920. The van der Waals surface area contributed by atoms with Crippen LogP contribution in [-0.2, 0) is 10.0 Å². The van der Waals surface area contributed by atoms with Gasteiger partial charge in [0.15, 0.2) is 11.5 Å². The van der Waals surface area contributed by atoms with Crippen LogP contribution in [0, 0.1) is 0 Å². The summed E-state index contributed by atoms with van der Waals surface area (Å²) in [5.74, 6) is 2.27. The topological polar surface area (TPSA) is 64.0 Å². The highest BCUT2D eigenvalue weighted by Gasteiger charge is 2.27. The van der Waals surface area contributed by atoms with Gasteiger partial charge >= 0.3 is 0 Å². The molecule has 0 bridgehead atoms. The number of nitrogens with zero attached hydrogens (tertiary/aromatic N) is 3. The van der Waals surface area contributed by atoms with Gasteiger partial charge in [-0.15, -0.1) is 0 Å². The summed E-state index contributed by atoms with van der Waals surface area (Å²) >= 11 is 0. The number of rotatable bonds is 10. The molecule has 0 aliphatic carbocycles. The molecule has 0 radical (unpaired) electrons. The van der Waals surface area contributed by atoms with E-state index in [1.807, 2.05) is 74.5 Å². The van der Waals surface area contributed by atoms with Crippen LogP contribution in [0.3, 0.4) is 0 Å². The van der Waals surface area contributed by atoms with Crippen molar-refractivity contribution in [2.75, 3.05) is 44.2 Å². The summed E-state index contributed by atoms with van der Waals surface area (Å²) in [7, 11) is -3.74. The minimum atomic E-state index is -3.74. The number of aromatic nitrogens is 1. The highest BCUT2D eigenvalue weighted by Crippen LogP contribution is 2.32. The Morgan fingerprint density at radius 1 is 0.816 bits per heavy atom. The highest BCUT2D eigenvalue weighted by atomic mass is 32.2. The largest absolute Gasteiger partial charge is 0.490 e. The van der Waals surface area contributed by atoms with Gasteiger partial charge in [0.1, 0.15) is 5.82 Å². The van der Waals surface area contributed by atoms with E-state index >= 15 is 0 Å². The molecule has 0 saturated carbocycles. The second kappa shape index (κ2) is 11.5. The molecule has 0 amide bonds. The molecule has 5 rings (SSSR count). The molecule has 4 aromatic rings. The number of benzene rings is 3. The Morgan fingerprint density at radius 3 is 2.21 bits per heavy atom. The van der Waals surface area contributed by atoms with Gasteiger partial charge in [0, 0.05) is 38.1 Å². The summed E-state index contributed by atoms with van der Waals surface area (Å²) in [5.41, 5.74) is 0.702. The number of hydrogen-bond acceptors (Lipinski definition) is 6. The maximum absolute atomic E-state index is 13.7. The van der Waals surface area contributed by atoms with E-state index in [1.165, 1.54) is 3.97 Å². The minimum Gasteiger partial charge on any atom is -0.490 e. The SMILES string of the molecule is CC(C)Oc1ccccc1OCCCN1CCN(c2cc3ccccc3n2S(=O)(=O)c2ccccc2)CC1. The molecule has 200 valence electrons. The number of anilines is 1. The van der Waals surface area contributed by atoms with Crippen LogP contribution in [0.15, 0.2) is 89.8 Å². The van der Waals surface area contributed by atoms with Crippen molar-refractivity contribution in [2.24, 2.45) is 0 Å². The molecule has 0 atom stereocenters. The first-order chi connectivity index (χ1) is 18.4. The van der Waals surface area contributed by atoms with Crippen LogP contribution in [0.5, 0.6) is 11.5 Å². The molecular formula is C30H35N3O4S. The molecule has 0 unspecified atom stereocenters. The molecule has 1 saturated heterocycles. The zero-order valence-corrected chi connectivity index (χ0v) is 22.8. The molecule has 8 heteroatoms. The lowest BCUT2D eigenvalue weighted by molar-refractivity contribution is 0.205. The number of para-hydroxylation sites is 3. The lowest BCUT2D eigenvalue weighted by Crippen LogP contribution is -2.47. The Balaban J connectivity index is 1.23. The third-order valence-corrected chi connectivity index (χ3v) is 8.45. The Bertz CT molecular complexity index is 1460. The van der Waals surface area contributed by atoms with Gasteiger partial charge in [0.25, 0.3) is 10.0 Å². The lowest BCUT2D eigenvalue weighted by Gasteiger charge is -2.36. The molecule has 1 aliphatic rings. The van der Waals surface area contributed by atoms with Gasteiger partial charge in [-0.05, 0) is 56.7 Å². The van der Waals surface area contributed by atoms with Crippen molar-refractivity contribution in [3.05, 3.63) is 84.9 Å². The molecule has 1 aliphatic heterocycles. The van der Waals surface area contributed by atoms with Crippen molar-refractivity contribution < 1.29 is 17.9 Å². The maximum Gasteiger partial charge on any atom is 0.269 e. The van der Waals surface area contributed by atoms with Crippen LogP contribution >= 0.6 is 0 Å². The quantitative estimate of drug-likeness (QED) is 0.259. The van der Waals surface area contributed by atoms with Crippen LogP contribution in [-0.4, -0.2) is 62.7 Å². The minimum absolute atomic E-state index is 0.0948. The lowest BCUT2D eigenvalue weighted by atomic mass is 10.2. The highest BCUT2D eigenvalue weighted by molar-refractivity contribution is 7.90. The normalized spacial score (nSPS) is 14.8. The Kier molecular flexibility index (Phi) is 7.90. The van der Waals surface area contributed by atoms with E-state index in [2.05, 4.69) is 9.80 Å². The molecule has 0 N–H and O–H groups in total. The van der Waals surface area contributed by atoms with Gasteiger partial charge in [0.2, 0.25) is 0 Å². The smallest absolute Gasteiger partial charge is 0.269 e. The van der Waals surface area contributed by atoms with E-state index in [0.717, 1.165) is 61.8 Å². The number of piperazine rings is 1. The Labute approximate surface area is 225 Å². The summed E-state index contributed by atoms with van der Waals surface area (Å²) in [4.78, 5) is 4.89. The fraction of sp³-hybridized carbons (Fsp3) is 0.333. The van der Waals surface area contributed by atoms with Crippen molar-refractivity contribution in [3.63, 3.8) is 0 Å².